The van der Waals surface area contributed by atoms with Crippen molar-refractivity contribution in [2.75, 3.05) is 7.05 Å². The number of amides is 1. The number of carbonyl (C=O) groups is 2. The molecule has 0 aliphatic carbocycles. The standard InChI is InChI=1S/C13H15BrFNO3/c1-8(5-12(17)18)13(19)16(2)7-9-6-10(14)3-4-11(9)15/h3-4,6,8H,5,7H2,1-2H3,(H,17,18). The lowest BCUT2D eigenvalue weighted by atomic mass is 10.1. The molecular formula is C13H15BrFNO3. The minimum atomic E-state index is -1.03. The Balaban J connectivity index is 2.73. The lowest BCUT2D eigenvalue weighted by Crippen LogP contribution is -2.32. The summed E-state index contributed by atoms with van der Waals surface area (Å²) in [5.74, 6) is -2.36. The van der Waals surface area contributed by atoms with Gasteiger partial charge in [0.05, 0.1) is 6.42 Å². The number of aliphatic carboxylic acids is 1. The van der Waals surface area contributed by atoms with Crippen molar-refractivity contribution in [2.45, 2.75) is 19.9 Å². The second-order valence-electron chi connectivity index (χ2n) is 4.43. The zero-order valence-corrected chi connectivity index (χ0v) is 12.3. The molecule has 0 saturated carbocycles. The van der Waals surface area contributed by atoms with Crippen LogP contribution in [-0.2, 0) is 16.1 Å². The monoisotopic (exact) mass is 331 g/mol. The predicted octanol–water partition coefficient (Wildman–Crippen LogP) is 2.66. The van der Waals surface area contributed by atoms with Gasteiger partial charge < -0.3 is 10.0 Å². The summed E-state index contributed by atoms with van der Waals surface area (Å²) in [4.78, 5) is 23.8. The Kier molecular flexibility index (Phi) is 5.47. The number of nitrogens with zero attached hydrogens (tertiary/aromatic N) is 1. The molecule has 1 unspecified atom stereocenters. The van der Waals surface area contributed by atoms with Crippen LogP contribution in [0.1, 0.15) is 18.9 Å². The van der Waals surface area contributed by atoms with Crippen molar-refractivity contribution in [3.05, 3.63) is 34.1 Å². The molecular weight excluding hydrogens is 317 g/mol. The van der Waals surface area contributed by atoms with Crippen LogP contribution < -0.4 is 0 Å². The van der Waals surface area contributed by atoms with E-state index in [1.807, 2.05) is 0 Å². The molecule has 4 nitrogen and oxygen atoms in total. The highest BCUT2D eigenvalue weighted by Gasteiger charge is 2.21. The molecule has 0 bridgehead atoms. The first-order valence-electron chi connectivity index (χ1n) is 5.72. The molecule has 19 heavy (non-hydrogen) atoms. The van der Waals surface area contributed by atoms with Gasteiger partial charge in [-0.05, 0) is 18.2 Å². The van der Waals surface area contributed by atoms with E-state index in [-0.39, 0.29) is 18.9 Å². The van der Waals surface area contributed by atoms with Crippen molar-refractivity contribution in [2.24, 2.45) is 5.92 Å². The summed E-state index contributed by atoms with van der Waals surface area (Å²) in [5.41, 5.74) is 0.382. The first-order valence-corrected chi connectivity index (χ1v) is 6.51. The number of hydrogen-bond acceptors (Lipinski definition) is 2. The van der Waals surface area contributed by atoms with Gasteiger partial charge in [0.2, 0.25) is 5.91 Å². The van der Waals surface area contributed by atoms with Crippen LogP contribution in [-0.4, -0.2) is 28.9 Å². The van der Waals surface area contributed by atoms with Crippen LogP contribution in [0.5, 0.6) is 0 Å². The fourth-order valence-electron chi connectivity index (χ4n) is 1.72. The molecule has 1 aromatic carbocycles. The van der Waals surface area contributed by atoms with Crippen LogP contribution >= 0.6 is 15.9 Å². The molecule has 0 spiro atoms. The van der Waals surface area contributed by atoms with Gasteiger partial charge in [-0.1, -0.05) is 22.9 Å². The Hall–Kier alpha value is -1.43. The van der Waals surface area contributed by atoms with E-state index in [9.17, 15) is 14.0 Å². The Morgan fingerprint density at radius 1 is 1.47 bits per heavy atom. The van der Waals surface area contributed by atoms with E-state index in [0.717, 1.165) is 4.47 Å². The van der Waals surface area contributed by atoms with Crippen molar-refractivity contribution in [1.82, 2.24) is 4.90 Å². The highest BCUT2D eigenvalue weighted by molar-refractivity contribution is 9.10. The van der Waals surface area contributed by atoms with E-state index >= 15 is 0 Å². The summed E-state index contributed by atoms with van der Waals surface area (Å²) in [6.45, 7) is 1.65. The Labute approximate surface area is 119 Å². The van der Waals surface area contributed by atoms with Crippen LogP contribution in [0, 0.1) is 11.7 Å². The van der Waals surface area contributed by atoms with Crippen molar-refractivity contribution in [1.29, 1.82) is 0 Å². The van der Waals surface area contributed by atoms with Gasteiger partial charge in [-0.25, -0.2) is 4.39 Å². The number of rotatable bonds is 5. The number of carboxylic acid groups (broad SMARTS) is 1. The van der Waals surface area contributed by atoms with Crippen LogP contribution in [0.2, 0.25) is 0 Å². The summed E-state index contributed by atoms with van der Waals surface area (Å²) >= 11 is 3.24. The number of hydrogen-bond donors (Lipinski definition) is 1. The van der Waals surface area contributed by atoms with E-state index in [1.54, 1.807) is 19.1 Å². The highest BCUT2D eigenvalue weighted by Crippen LogP contribution is 2.18. The fraction of sp³-hybridized carbons (Fsp3) is 0.385. The molecule has 0 radical (unpaired) electrons. The summed E-state index contributed by atoms with van der Waals surface area (Å²) in [5, 5.41) is 8.65. The van der Waals surface area contributed by atoms with Crippen molar-refractivity contribution in [3.63, 3.8) is 0 Å². The zero-order valence-electron chi connectivity index (χ0n) is 10.7. The lowest BCUT2D eigenvalue weighted by Gasteiger charge is -2.21. The van der Waals surface area contributed by atoms with Gasteiger partial charge in [-0.3, -0.25) is 9.59 Å². The average Bonchev–Trinajstić information content (AvgIpc) is 2.31. The number of benzene rings is 1. The molecule has 6 heteroatoms. The van der Waals surface area contributed by atoms with E-state index in [2.05, 4.69) is 15.9 Å². The Morgan fingerprint density at radius 3 is 2.68 bits per heavy atom. The third kappa shape index (κ3) is 4.63. The summed E-state index contributed by atoms with van der Waals surface area (Å²) in [6, 6.07) is 4.49. The van der Waals surface area contributed by atoms with Crippen molar-refractivity contribution < 1.29 is 19.1 Å². The summed E-state index contributed by atoms with van der Waals surface area (Å²) in [7, 11) is 1.53. The predicted molar refractivity (Wildman–Crippen MR) is 72.0 cm³/mol. The van der Waals surface area contributed by atoms with E-state index in [0.29, 0.717) is 5.56 Å². The third-order valence-electron chi connectivity index (χ3n) is 2.69. The Morgan fingerprint density at radius 2 is 2.11 bits per heavy atom. The molecule has 1 amide bonds. The molecule has 1 N–H and O–H groups in total. The number of halogens is 2. The average molecular weight is 332 g/mol. The molecule has 1 rings (SSSR count). The van der Waals surface area contributed by atoms with E-state index in [4.69, 9.17) is 5.11 Å². The van der Waals surface area contributed by atoms with Gasteiger partial charge >= 0.3 is 5.97 Å². The molecule has 1 atom stereocenters. The smallest absolute Gasteiger partial charge is 0.304 e. The summed E-state index contributed by atoms with van der Waals surface area (Å²) < 4.78 is 14.3. The van der Waals surface area contributed by atoms with Crippen LogP contribution in [0.15, 0.2) is 22.7 Å². The molecule has 0 aliphatic heterocycles. The third-order valence-corrected chi connectivity index (χ3v) is 3.19. The summed E-state index contributed by atoms with van der Waals surface area (Å²) in [6.07, 6.45) is -0.232. The Bertz CT molecular complexity index is 493. The van der Waals surface area contributed by atoms with Crippen LogP contribution in [0.25, 0.3) is 0 Å². The van der Waals surface area contributed by atoms with Gasteiger partial charge in [0.15, 0.2) is 0 Å². The largest absolute Gasteiger partial charge is 0.481 e. The van der Waals surface area contributed by atoms with Gasteiger partial charge in [-0.2, -0.15) is 0 Å². The van der Waals surface area contributed by atoms with E-state index in [1.165, 1.54) is 18.0 Å². The maximum absolute atomic E-state index is 13.6. The van der Waals surface area contributed by atoms with Crippen molar-refractivity contribution >= 4 is 27.8 Å². The molecule has 0 aromatic heterocycles. The van der Waals surface area contributed by atoms with Gasteiger partial charge in [0.1, 0.15) is 5.82 Å². The van der Waals surface area contributed by atoms with Gasteiger partial charge in [0.25, 0.3) is 0 Å². The number of carboxylic acids is 1. The molecule has 0 heterocycles. The normalized spacial score (nSPS) is 12.0. The molecule has 1 aromatic rings. The maximum Gasteiger partial charge on any atom is 0.304 e. The molecule has 0 fully saturated rings. The first kappa shape index (κ1) is 15.6. The lowest BCUT2D eigenvalue weighted by molar-refractivity contribution is -0.143. The fourth-order valence-corrected chi connectivity index (χ4v) is 2.13. The van der Waals surface area contributed by atoms with Gasteiger partial charge in [-0.15, -0.1) is 0 Å². The van der Waals surface area contributed by atoms with Crippen LogP contribution in [0.4, 0.5) is 4.39 Å². The van der Waals surface area contributed by atoms with E-state index < -0.39 is 17.7 Å². The number of carbonyl (C=O) groups excluding carboxylic acids is 1. The van der Waals surface area contributed by atoms with Crippen molar-refractivity contribution in [3.8, 4) is 0 Å². The molecule has 0 saturated heterocycles. The second kappa shape index (κ2) is 6.65. The molecule has 104 valence electrons. The quantitative estimate of drug-likeness (QED) is 0.902. The minimum absolute atomic E-state index is 0.105. The zero-order chi connectivity index (χ0) is 14.6. The van der Waals surface area contributed by atoms with Crippen LogP contribution in [0.3, 0.4) is 0 Å². The topological polar surface area (TPSA) is 57.6 Å². The highest BCUT2D eigenvalue weighted by atomic mass is 79.9. The molecule has 0 aliphatic rings. The second-order valence-corrected chi connectivity index (χ2v) is 5.34. The SMILES string of the molecule is CC(CC(=O)O)C(=O)N(C)Cc1cc(Br)ccc1F. The van der Waals surface area contributed by atoms with Gasteiger partial charge in [0, 0.05) is 29.5 Å². The maximum atomic E-state index is 13.6. The first-order chi connectivity index (χ1) is 8.81. The minimum Gasteiger partial charge on any atom is -0.481 e.